The van der Waals surface area contributed by atoms with E-state index in [9.17, 15) is 4.79 Å². The molecule has 0 bridgehead atoms. The second-order valence-electron chi connectivity index (χ2n) is 5.52. The molecule has 1 amide bonds. The van der Waals surface area contributed by atoms with E-state index in [1.165, 1.54) is 4.90 Å². The fourth-order valence-electron chi connectivity index (χ4n) is 2.44. The largest absolute Gasteiger partial charge is 0.481 e. The SMILES string of the molecule is CSc1ccc(OC(C)C(=O)NC2CCNCC2C)cc1. The number of piperidine rings is 1. The summed E-state index contributed by atoms with van der Waals surface area (Å²) in [4.78, 5) is 13.4. The summed E-state index contributed by atoms with van der Waals surface area (Å²) in [5.41, 5.74) is 0. The number of carbonyl (C=O) groups is 1. The van der Waals surface area contributed by atoms with E-state index in [4.69, 9.17) is 4.74 Å². The quantitative estimate of drug-likeness (QED) is 0.820. The molecule has 4 nitrogen and oxygen atoms in total. The van der Waals surface area contributed by atoms with Crippen LogP contribution in [0.3, 0.4) is 0 Å². The second-order valence-corrected chi connectivity index (χ2v) is 6.40. The predicted molar refractivity (Wildman–Crippen MR) is 86.9 cm³/mol. The molecule has 0 spiro atoms. The highest BCUT2D eigenvalue weighted by molar-refractivity contribution is 7.98. The van der Waals surface area contributed by atoms with E-state index in [0.717, 1.165) is 25.3 Å². The van der Waals surface area contributed by atoms with Crippen molar-refractivity contribution in [2.75, 3.05) is 19.3 Å². The Morgan fingerprint density at radius 2 is 2.14 bits per heavy atom. The first-order chi connectivity index (χ1) is 10.1. The van der Waals surface area contributed by atoms with Crippen molar-refractivity contribution < 1.29 is 9.53 Å². The van der Waals surface area contributed by atoms with E-state index in [2.05, 4.69) is 17.6 Å². The first-order valence-corrected chi connectivity index (χ1v) is 8.64. The van der Waals surface area contributed by atoms with Gasteiger partial charge in [-0.25, -0.2) is 0 Å². The third-order valence-electron chi connectivity index (χ3n) is 3.85. The van der Waals surface area contributed by atoms with Crippen LogP contribution in [0.25, 0.3) is 0 Å². The van der Waals surface area contributed by atoms with Gasteiger partial charge in [-0.05, 0) is 62.9 Å². The number of amides is 1. The Hall–Kier alpha value is -1.20. The second kappa shape index (κ2) is 7.71. The molecule has 5 heteroatoms. The van der Waals surface area contributed by atoms with E-state index in [0.29, 0.717) is 5.92 Å². The lowest BCUT2D eigenvalue weighted by molar-refractivity contribution is -0.128. The molecule has 3 atom stereocenters. The van der Waals surface area contributed by atoms with Gasteiger partial charge in [0.2, 0.25) is 0 Å². The third kappa shape index (κ3) is 4.64. The minimum Gasteiger partial charge on any atom is -0.481 e. The summed E-state index contributed by atoms with van der Waals surface area (Å²) in [5.74, 6) is 1.15. The van der Waals surface area contributed by atoms with Crippen molar-refractivity contribution in [2.45, 2.75) is 37.3 Å². The number of carbonyl (C=O) groups excluding carboxylic acids is 1. The van der Waals surface area contributed by atoms with Crippen LogP contribution in [0.5, 0.6) is 5.75 Å². The molecule has 1 aliphatic rings. The number of rotatable bonds is 5. The van der Waals surface area contributed by atoms with Crippen LogP contribution in [0.4, 0.5) is 0 Å². The van der Waals surface area contributed by atoms with Gasteiger partial charge >= 0.3 is 0 Å². The molecular formula is C16H24N2O2S. The molecule has 2 rings (SSSR count). The molecule has 1 fully saturated rings. The number of benzene rings is 1. The topological polar surface area (TPSA) is 50.4 Å². The molecule has 1 aliphatic heterocycles. The van der Waals surface area contributed by atoms with Crippen molar-refractivity contribution in [3.8, 4) is 5.75 Å². The minimum atomic E-state index is -0.479. The Bertz CT molecular complexity index is 464. The molecule has 2 N–H and O–H groups in total. The molecular weight excluding hydrogens is 284 g/mol. The van der Waals surface area contributed by atoms with Crippen molar-refractivity contribution in [3.63, 3.8) is 0 Å². The molecule has 1 heterocycles. The summed E-state index contributed by atoms with van der Waals surface area (Å²) in [7, 11) is 0. The van der Waals surface area contributed by atoms with E-state index < -0.39 is 6.10 Å². The van der Waals surface area contributed by atoms with Crippen LogP contribution in [-0.4, -0.2) is 37.4 Å². The molecule has 0 aliphatic carbocycles. The molecule has 1 aromatic carbocycles. The highest BCUT2D eigenvalue weighted by Gasteiger charge is 2.25. The average molecular weight is 308 g/mol. The Kier molecular flexibility index (Phi) is 5.94. The van der Waals surface area contributed by atoms with E-state index in [1.54, 1.807) is 18.7 Å². The molecule has 1 saturated heterocycles. The van der Waals surface area contributed by atoms with E-state index in [1.807, 2.05) is 30.5 Å². The highest BCUT2D eigenvalue weighted by Crippen LogP contribution is 2.20. The van der Waals surface area contributed by atoms with Gasteiger partial charge in [0.15, 0.2) is 6.10 Å². The zero-order chi connectivity index (χ0) is 15.2. The minimum absolute atomic E-state index is 0.0392. The standard InChI is InChI=1S/C16H24N2O2S/c1-11-10-17-9-8-15(11)18-16(19)12(2)20-13-4-6-14(21-3)7-5-13/h4-7,11-12,15,17H,8-10H2,1-3H3,(H,18,19). The molecule has 3 unspecified atom stereocenters. The fraction of sp³-hybridized carbons (Fsp3) is 0.562. The average Bonchev–Trinajstić information content (AvgIpc) is 2.50. The first kappa shape index (κ1) is 16.2. The van der Waals surface area contributed by atoms with Crippen molar-refractivity contribution >= 4 is 17.7 Å². The molecule has 116 valence electrons. The van der Waals surface area contributed by atoms with Gasteiger partial charge in [-0.3, -0.25) is 4.79 Å². The van der Waals surface area contributed by atoms with E-state index in [-0.39, 0.29) is 11.9 Å². The van der Waals surface area contributed by atoms with Crippen molar-refractivity contribution in [1.29, 1.82) is 0 Å². The van der Waals surface area contributed by atoms with E-state index >= 15 is 0 Å². The molecule has 0 saturated carbocycles. The lowest BCUT2D eigenvalue weighted by Crippen LogP contribution is -2.51. The van der Waals surface area contributed by atoms with Crippen molar-refractivity contribution in [1.82, 2.24) is 10.6 Å². The highest BCUT2D eigenvalue weighted by atomic mass is 32.2. The monoisotopic (exact) mass is 308 g/mol. The van der Waals surface area contributed by atoms with Crippen LogP contribution in [0.15, 0.2) is 29.2 Å². The van der Waals surface area contributed by atoms with Crippen molar-refractivity contribution in [3.05, 3.63) is 24.3 Å². The van der Waals surface area contributed by atoms with Gasteiger partial charge in [0, 0.05) is 10.9 Å². The van der Waals surface area contributed by atoms with Crippen LogP contribution in [-0.2, 0) is 4.79 Å². The summed E-state index contributed by atoms with van der Waals surface area (Å²) in [6, 6.07) is 8.05. The fourth-order valence-corrected chi connectivity index (χ4v) is 2.85. The summed E-state index contributed by atoms with van der Waals surface area (Å²) in [5, 5.41) is 6.44. The van der Waals surface area contributed by atoms with Gasteiger partial charge in [0.05, 0.1) is 0 Å². The van der Waals surface area contributed by atoms with Gasteiger partial charge < -0.3 is 15.4 Å². The van der Waals surface area contributed by atoms with Gasteiger partial charge in [0.1, 0.15) is 5.75 Å². The van der Waals surface area contributed by atoms with Gasteiger partial charge in [-0.15, -0.1) is 11.8 Å². The van der Waals surface area contributed by atoms with Gasteiger partial charge in [-0.1, -0.05) is 6.92 Å². The zero-order valence-electron chi connectivity index (χ0n) is 12.9. The Labute approximate surface area is 131 Å². The van der Waals surface area contributed by atoms with Crippen LogP contribution >= 0.6 is 11.8 Å². The molecule has 0 radical (unpaired) electrons. The predicted octanol–water partition coefficient (Wildman–Crippen LogP) is 2.29. The van der Waals surface area contributed by atoms with Crippen LogP contribution in [0.2, 0.25) is 0 Å². The normalized spacial score (nSPS) is 23.4. The van der Waals surface area contributed by atoms with Gasteiger partial charge in [0.25, 0.3) is 5.91 Å². The lowest BCUT2D eigenvalue weighted by atomic mass is 9.95. The Morgan fingerprint density at radius 1 is 1.43 bits per heavy atom. The maximum Gasteiger partial charge on any atom is 0.261 e. The number of thioether (sulfide) groups is 1. The summed E-state index contributed by atoms with van der Waals surface area (Å²) in [6.45, 7) is 5.87. The maximum atomic E-state index is 12.2. The molecule has 1 aromatic rings. The summed E-state index contributed by atoms with van der Waals surface area (Å²) < 4.78 is 5.72. The maximum absolute atomic E-state index is 12.2. The number of hydrogen-bond donors (Lipinski definition) is 2. The van der Waals surface area contributed by atoms with Gasteiger partial charge in [-0.2, -0.15) is 0 Å². The zero-order valence-corrected chi connectivity index (χ0v) is 13.7. The Balaban J connectivity index is 1.86. The summed E-state index contributed by atoms with van der Waals surface area (Å²) in [6.07, 6.45) is 2.53. The van der Waals surface area contributed by atoms with Crippen LogP contribution in [0, 0.1) is 5.92 Å². The lowest BCUT2D eigenvalue weighted by Gasteiger charge is -2.31. The van der Waals surface area contributed by atoms with Crippen LogP contribution < -0.4 is 15.4 Å². The van der Waals surface area contributed by atoms with Crippen molar-refractivity contribution in [2.24, 2.45) is 5.92 Å². The molecule has 21 heavy (non-hydrogen) atoms. The third-order valence-corrected chi connectivity index (χ3v) is 4.60. The van der Waals surface area contributed by atoms with Crippen LogP contribution in [0.1, 0.15) is 20.3 Å². The Morgan fingerprint density at radius 3 is 2.76 bits per heavy atom. The number of hydrogen-bond acceptors (Lipinski definition) is 4. The molecule has 0 aromatic heterocycles. The summed E-state index contributed by atoms with van der Waals surface area (Å²) >= 11 is 1.69. The number of ether oxygens (including phenoxy) is 1. The first-order valence-electron chi connectivity index (χ1n) is 7.42. The smallest absolute Gasteiger partial charge is 0.261 e. The number of nitrogens with one attached hydrogen (secondary N) is 2.